The molecule has 0 bridgehead atoms. The van der Waals surface area contributed by atoms with Crippen LogP contribution in [0.3, 0.4) is 0 Å². The summed E-state index contributed by atoms with van der Waals surface area (Å²) in [6.45, 7) is 12.4. The summed E-state index contributed by atoms with van der Waals surface area (Å²) in [5.74, 6) is 0. The quantitative estimate of drug-likeness (QED) is 0.872. The number of likely N-dealkylation sites (N-methyl/N-ethyl adjacent to an activating group) is 1. The van der Waals surface area contributed by atoms with Crippen molar-refractivity contribution < 1.29 is 0 Å². The molecule has 1 aliphatic heterocycles. The minimum absolute atomic E-state index is 0.464. The molecule has 0 radical (unpaired) electrons. The Morgan fingerprint density at radius 1 is 1.37 bits per heavy atom. The first kappa shape index (κ1) is 14.5. The van der Waals surface area contributed by atoms with Gasteiger partial charge in [-0.05, 0) is 57.8 Å². The highest BCUT2D eigenvalue weighted by Gasteiger charge is 2.24. The topological polar surface area (TPSA) is 15.3 Å². The van der Waals surface area contributed by atoms with Crippen LogP contribution in [0.4, 0.5) is 0 Å². The molecular formula is C17H28N2. The number of likely N-dealkylation sites (tertiary alicyclic amines) is 1. The summed E-state index contributed by atoms with van der Waals surface area (Å²) in [6.07, 6.45) is 2.71. The van der Waals surface area contributed by atoms with Crippen LogP contribution in [0.15, 0.2) is 18.2 Å². The average Bonchev–Trinajstić information content (AvgIpc) is 2.75. The summed E-state index contributed by atoms with van der Waals surface area (Å²) >= 11 is 0. The molecule has 0 aliphatic carbocycles. The standard InChI is InChI=1S/C17H28N2/c1-5-18-17(12-19-10-6-7-15(19)4)16-9-8-13(2)11-14(16)3/h8-9,11,15,17-18H,5-7,10,12H2,1-4H3. The molecule has 1 saturated heterocycles. The zero-order valence-corrected chi connectivity index (χ0v) is 12.9. The van der Waals surface area contributed by atoms with Crippen molar-refractivity contribution in [2.45, 2.75) is 52.6 Å². The Bertz CT molecular complexity index is 414. The van der Waals surface area contributed by atoms with Crippen molar-refractivity contribution >= 4 is 0 Å². The van der Waals surface area contributed by atoms with E-state index in [1.165, 1.54) is 36.1 Å². The van der Waals surface area contributed by atoms with E-state index in [0.717, 1.165) is 19.1 Å². The van der Waals surface area contributed by atoms with Crippen LogP contribution in [0.25, 0.3) is 0 Å². The van der Waals surface area contributed by atoms with Crippen LogP contribution in [0, 0.1) is 13.8 Å². The third kappa shape index (κ3) is 3.58. The van der Waals surface area contributed by atoms with Crippen LogP contribution in [0.2, 0.25) is 0 Å². The number of nitrogens with zero attached hydrogens (tertiary/aromatic N) is 1. The maximum Gasteiger partial charge on any atom is 0.0451 e. The zero-order chi connectivity index (χ0) is 13.8. The second kappa shape index (κ2) is 6.53. The number of hydrogen-bond donors (Lipinski definition) is 1. The van der Waals surface area contributed by atoms with Crippen molar-refractivity contribution in [3.05, 3.63) is 34.9 Å². The van der Waals surface area contributed by atoms with E-state index in [9.17, 15) is 0 Å². The summed E-state index contributed by atoms with van der Waals surface area (Å²) in [5, 5.41) is 3.66. The van der Waals surface area contributed by atoms with Crippen molar-refractivity contribution in [2.24, 2.45) is 0 Å². The number of aryl methyl sites for hydroxylation is 2. The predicted molar refractivity (Wildman–Crippen MR) is 82.6 cm³/mol. The molecule has 2 heteroatoms. The lowest BCUT2D eigenvalue weighted by atomic mass is 9.98. The molecule has 0 spiro atoms. The minimum atomic E-state index is 0.464. The fourth-order valence-corrected chi connectivity index (χ4v) is 3.23. The SMILES string of the molecule is CCNC(CN1CCCC1C)c1ccc(C)cc1C. The van der Waals surface area contributed by atoms with Crippen LogP contribution in [0.5, 0.6) is 0 Å². The molecule has 2 nitrogen and oxygen atoms in total. The molecule has 0 amide bonds. The third-order valence-electron chi connectivity index (χ3n) is 4.36. The Morgan fingerprint density at radius 3 is 2.74 bits per heavy atom. The Kier molecular flexibility index (Phi) is 5.00. The van der Waals surface area contributed by atoms with Crippen LogP contribution >= 0.6 is 0 Å². The molecule has 2 atom stereocenters. The molecule has 19 heavy (non-hydrogen) atoms. The molecule has 1 fully saturated rings. The Morgan fingerprint density at radius 2 is 2.16 bits per heavy atom. The fraction of sp³-hybridized carbons (Fsp3) is 0.647. The highest BCUT2D eigenvalue weighted by molar-refractivity contribution is 5.33. The minimum Gasteiger partial charge on any atom is -0.309 e. The zero-order valence-electron chi connectivity index (χ0n) is 12.9. The number of benzene rings is 1. The van der Waals surface area contributed by atoms with Crippen molar-refractivity contribution in [1.82, 2.24) is 10.2 Å². The van der Waals surface area contributed by atoms with Gasteiger partial charge >= 0.3 is 0 Å². The molecule has 0 aromatic heterocycles. The van der Waals surface area contributed by atoms with Crippen LogP contribution in [0.1, 0.15) is 49.4 Å². The summed E-state index contributed by atoms with van der Waals surface area (Å²) in [5.41, 5.74) is 4.23. The van der Waals surface area contributed by atoms with Crippen molar-refractivity contribution in [3.63, 3.8) is 0 Å². The van der Waals surface area contributed by atoms with Gasteiger partial charge in [-0.2, -0.15) is 0 Å². The van der Waals surface area contributed by atoms with Gasteiger partial charge in [-0.15, -0.1) is 0 Å². The van der Waals surface area contributed by atoms with Gasteiger partial charge in [-0.25, -0.2) is 0 Å². The molecular weight excluding hydrogens is 232 g/mol. The van der Waals surface area contributed by atoms with Gasteiger partial charge in [-0.3, -0.25) is 4.90 Å². The van der Waals surface area contributed by atoms with Crippen molar-refractivity contribution in [2.75, 3.05) is 19.6 Å². The smallest absolute Gasteiger partial charge is 0.0451 e. The first-order valence-electron chi connectivity index (χ1n) is 7.66. The number of nitrogens with one attached hydrogen (secondary N) is 1. The molecule has 1 aromatic rings. The van der Waals surface area contributed by atoms with Gasteiger partial charge in [0.15, 0.2) is 0 Å². The monoisotopic (exact) mass is 260 g/mol. The van der Waals surface area contributed by atoms with E-state index >= 15 is 0 Å². The maximum absolute atomic E-state index is 3.66. The van der Waals surface area contributed by atoms with Gasteiger partial charge in [0.1, 0.15) is 0 Å². The summed E-state index contributed by atoms with van der Waals surface area (Å²) < 4.78 is 0. The van der Waals surface area contributed by atoms with E-state index in [1.807, 2.05) is 0 Å². The van der Waals surface area contributed by atoms with E-state index in [4.69, 9.17) is 0 Å². The van der Waals surface area contributed by atoms with Crippen LogP contribution in [-0.4, -0.2) is 30.6 Å². The molecule has 0 saturated carbocycles. The largest absolute Gasteiger partial charge is 0.309 e. The lowest BCUT2D eigenvalue weighted by Crippen LogP contribution is -2.37. The molecule has 2 unspecified atom stereocenters. The van der Waals surface area contributed by atoms with Crippen LogP contribution in [-0.2, 0) is 0 Å². The molecule has 1 aromatic carbocycles. The maximum atomic E-state index is 3.66. The first-order valence-corrected chi connectivity index (χ1v) is 7.66. The van der Waals surface area contributed by atoms with Crippen LogP contribution < -0.4 is 5.32 Å². The van der Waals surface area contributed by atoms with E-state index in [0.29, 0.717) is 6.04 Å². The van der Waals surface area contributed by atoms with E-state index in [2.05, 4.69) is 56.1 Å². The Balaban J connectivity index is 2.14. The molecule has 106 valence electrons. The van der Waals surface area contributed by atoms with E-state index in [-0.39, 0.29) is 0 Å². The van der Waals surface area contributed by atoms with Gasteiger partial charge in [0.25, 0.3) is 0 Å². The first-order chi connectivity index (χ1) is 9.11. The normalized spacial score (nSPS) is 21.8. The lowest BCUT2D eigenvalue weighted by Gasteiger charge is -2.29. The predicted octanol–water partition coefficient (Wildman–Crippen LogP) is 3.44. The van der Waals surface area contributed by atoms with Crippen molar-refractivity contribution in [1.29, 1.82) is 0 Å². The summed E-state index contributed by atoms with van der Waals surface area (Å²) in [7, 11) is 0. The van der Waals surface area contributed by atoms with Gasteiger partial charge in [-0.1, -0.05) is 30.7 Å². The van der Waals surface area contributed by atoms with E-state index in [1.54, 1.807) is 0 Å². The second-order valence-electron chi connectivity index (χ2n) is 5.96. The average molecular weight is 260 g/mol. The fourth-order valence-electron chi connectivity index (χ4n) is 3.23. The molecule has 1 heterocycles. The highest BCUT2D eigenvalue weighted by Crippen LogP contribution is 2.24. The van der Waals surface area contributed by atoms with Gasteiger partial charge in [0.05, 0.1) is 0 Å². The Labute approximate surface area is 118 Å². The molecule has 2 rings (SSSR count). The highest BCUT2D eigenvalue weighted by atomic mass is 15.2. The lowest BCUT2D eigenvalue weighted by molar-refractivity contribution is 0.238. The second-order valence-corrected chi connectivity index (χ2v) is 5.96. The summed E-state index contributed by atoms with van der Waals surface area (Å²) in [4.78, 5) is 2.63. The third-order valence-corrected chi connectivity index (χ3v) is 4.36. The summed E-state index contributed by atoms with van der Waals surface area (Å²) in [6, 6.07) is 8.05. The van der Waals surface area contributed by atoms with E-state index < -0.39 is 0 Å². The van der Waals surface area contributed by atoms with Gasteiger partial charge < -0.3 is 5.32 Å². The van der Waals surface area contributed by atoms with Gasteiger partial charge in [0.2, 0.25) is 0 Å². The number of hydrogen-bond acceptors (Lipinski definition) is 2. The number of rotatable bonds is 5. The molecule has 1 aliphatic rings. The molecule has 1 N–H and O–H groups in total. The van der Waals surface area contributed by atoms with Gasteiger partial charge in [0, 0.05) is 18.6 Å². The Hall–Kier alpha value is -0.860. The van der Waals surface area contributed by atoms with Crippen molar-refractivity contribution in [3.8, 4) is 0 Å².